The standard InChI is InChI=1S/C19H22O3/c1-4-9-18(16-11-6-5-7-12-16)22-19(20)21-17-13-8-10-14(2)15(17)3/h5-8,10-13,18H,4,9H2,1-3H3. The van der Waals surface area contributed by atoms with E-state index < -0.39 is 6.16 Å². The molecular formula is C19H22O3. The summed E-state index contributed by atoms with van der Waals surface area (Å²) in [6.45, 7) is 5.98. The van der Waals surface area contributed by atoms with Gasteiger partial charge in [-0.25, -0.2) is 4.79 Å². The third-order valence-electron chi connectivity index (χ3n) is 3.71. The van der Waals surface area contributed by atoms with E-state index in [9.17, 15) is 4.79 Å². The lowest BCUT2D eigenvalue weighted by molar-refractivity contribution is 0.0535. The summed E-state index contributed by atoms with van der Waals surface area (Å²) in [5.74, 6) is 0.549. The SMILES string of the molecule is CCCC(OC(=O)Oc1cccc(C)c1C)c1ccccc1. The Bertz CT molecular complexity index is 620. The maximum Gasteiger partial charge on any atom is 0.514 e. The molecule has 0 heterocycles. The van der Waals surface area contributed by atoms with E-state index in [1.165, 1.54) is 0 Å². The third-order valence-corrected chi connectivity index (χ3v) is 3.71. The number of aryl methyl sites for hydroxylation is 1. The highest BCUT2D eigenvalue weighted by Gasteiger charge is 2.18. The molecule has 1 atom stereocenters. The highest BCUT2D eigenvalue weighted by Crippen LogP contribution is 2.25. The van der Waals surface area contributed by atoms with Crippen LogP contribution >= 0.6 is 0 Å². The highest BCUT2D eigenvalue weighted by atomic mass is 16.7. The first-order chi connectivity index (χ1) is 10.6. The molecule has 22 heavy (non-hydrogen) atoms. The lowest BCUT2D eigenvalue weighted by Gasteiger charge is -2.18. The van der Waals surface area contributed by atoms with Crippen molar-refractivity contribution in [3.63, 3.8) is 0 Å². The highest BCUT2D eigenvalue weighted by molar-refractivity contribution is 5.65. The zero-order valence-corrected chi connectivity index (χ0v) is 13.3. The molecule has 0 radical (unpaired) electrons. The maximum atomic E-state index is 12.1. The van der Waals surface area contributed by atoms with E-state index in [0.717, 1.165) is 29.5 Å². The number of benzene rings is 2. The molecule has 0 saturated carbocycles. The Balaban J connectivity index is 2.07. The van der Waals surface area contributed by atoms with Crippen molar-refractivity contribution in [1.29, 1.82) is 0 Å². The lowest BCUT2D eigenvalue weighted by atomic mass is 10.1. The molecule has 0 aliphatic rings. The van der Waals surface area contributed by atoms with Crippen molar-refractivity contribution in [2.75, 3.05) is 0 Å². The minimum atomic E-state index is -0.656. The van der Waals surface area contributed by atoms with Gasteiger partial charge in [0.2, 0.25) is 0 Å². The van der Waals surface area contributed by atoms with Gasteiger partial charge in [-0.3, -0.25) is 0 Å². The second kappa shape index (κ2) is 7.64. The first kappa shape index (κ1) is 16.1. The molecule has 0 N–H and O–H groups in total. The van der Waals surface area contributed by atoms with Crippen molar-refractivity contribution in [2.45, 2.75) is 39.7 Å². The van der Waals surface area contributed by atoms with Gasteiger partial charge in [-0.15, -0.1) is 0 Å². The van der Waals surface area contributed by atoms with Gasteiger partial charge in [-0.1, -0.05) is 55.8 Å². The minimum absolute atomic E-state index is 0.274. The zero-order chi connectivity index (χ0) is 15.9. The average molecular weight is 298 g/mol. The van der Waals surface area contributed by atoms with Gasteiger partial charge in [0.15, 0.2) is 0 Å². The fourth-order valence-corrected chi connectivity index (χ4v) is 2.29. The molecule has 1 unspecified atom stereocenters. The van der Waals surface area contributed by atoms with Crippen molar-refractivity contribution in [2.24, 2.45) is 0 Å². The normalized spacial score (nSPS) is 11.8. The molecule has 3 nitrogen and oxygen atoms in total. The van der Waals surface area contributed by atoms with Crippen LogP contribution in [0.4, 0.5) is 4.79 Å². The Morgan fingerprint density at radius 1 is 1.05 bits per heavy atom. The van der Waals surface area contributed by atoms with Crippen LogP contribution < -0.4 is 4.74 Å². The van der Waals surface area contributed by atoms with Crippen molar-refractivity contribution in [3.8, 4) is 5.75 Å². The fourth-order valence-electron chi connectivity index (χ4n) is 2.29. The molecule has 3 heteroatoms. The van der Waals surface area contributed by atoms with Gasteiger partial charge in [0.05, 0.1) is 0 Å². The summed E-state index contributed by atoms with van der Waals surface area (Å²) >= 11 is 0. The van der Waals surface area contributed by atoms with Gasteiger partial charge in [-0.05, 0) is 43.0 Å². The van der Waals surface area contributed by atoms with Crippen molar-refractivity contribution >= 4 is 6.16 Å². The van der Waals surface area contributed by atoms with E-state index in [4.69, 9.17) is 9.47 Å². The molecule has 0 fully saturated rings. The molecule has 2 rings (SSSR count). The van der Waals surface area contributed by atoms with Crippen molar-refractivity contribution in [3.05, 3.63) is 65.2 Å². The fraction of sp³-hybridized carbons (Fsp3) is 0.316. The molecule has 2 aromatic carbocycles. The molecule has 0 aromatic heterocycles. The van der Waals surface area contributed by atoms with E-state index in [1.807, 2.05) is 56.3 Å². The van der Waals surface area contributed by atoms with E-state index in [1.54, 1.807) is 6.07 Å². The van der Waals surface area contributed by atoms with Crippen LogP contribution in [0.2, 0.25) is 0 Å². The molecular weight excluding hydrogens is 276 g/mol. The van der Waals surface area contributed by atoms with Gasteiger partial charge in [-0.2, -0.15) is 0 Å². The molecule has 116 valence electrons. The smallest absolute Gasteiger partial charge is 0.426 e. The summed E-state index contributed by atoms with van der Waals surface area (Å²) in [7, 11) is 0. The monoisotopic (exact) mass is 298 g/mol. The Morgan fingerprint density at radius 3 is 2.45 bits per heavy atom. The van der Waals surface area contributed by atoms with Crippen LogP contribution in [0.15, 0.2) is 48.5 Å². The van der Waals surface area contributed by atoms with Crippen molar-refractivity contribution in [1.82, 2.24) is 0 Å². The van der Waals surface area contributed by atoms with Crippen LogP contribution in [0.25, 0.3) is 0 Å². The first-order valence-electron chi connectivity index (χ1n) is 7.61. The van der Waals surface area contributed by atoms with Gasteiger partial charge >= 0.3 is 6.16 Å². The number of ether oxygens (including phenoxy) is 2. The summed E-state index contributed by atoms with van der Waals surface area (Å²) in [4.78, 5) is 12.1. The zero-order valence-electron chi connectivity index (χ0n) is 13.3. The van der Waals surface area contributed by atoms with Gasteiger partial charge in [0, 0.05) is 0 Å². The molecule has 0 aliphatic carbocycles. The van der Waals surface area contributed by atoms with Crippen LogP contribution in [0.1, 0.15) is 42.6 Å². The summed E-state index contributed by atoms with van der Waals surface area (Å²) in [6, 6.07) is 15.4. The molecule has 2 aromatic rings. The minimum Gasteiger partial charge on any atom is -0.426 e. The summed E-state index contributed by atoms with van der Waals surface area (Å²) in [6.07, 6.45) is 0.766. The van der Waals surface area contributed by atoms with Crippen LogP contribution in [0, 0.1) is 13.8 Å². The second-order valence-corrected chi connectivity index (χ2v) is 5.36. The predicted octanol–water partition coefficient (Wildman–Crippen LogP) is 5.36. The van der Waals surface area contributed by atoms with Crippen LogP contribution in [0.3, 0.4) is 0 Å². The van der Waals surface area contributed by atoms with E-state index in [-0.39, 0.29) is 6.10 Å². The second-order valence-electron chi connectivity index (χ2n) is 5.36. The number of hydrogen-bond acceptors (Lipinski definition) is 3. The van der Waals surface area contributed by atoms with Crippen LogP contribution in [-0.4, -0.2) is 6.16 Å². The Labute approximate surface area is 131 Å². The van der Waals surface area contributed by atoms with E-state index in [0.29, 0.717) is 5.75 Å². The molecule has 0 bridgehead atoms. The number of carbonyl (C=O) groups excluding carboxylic acids is 1. The Kier molecular flexibility index (Phi) is 5.59. The predicted molar refractivity (Wildman–Crippen MR) is 87.1 cm³/mol. The number of carbonyl (C=O) groups is 1. The molecule has 0 amide bonds. The van der Waals surface area contributed by atoms with Gasteiger partial charge < -0.3 is 9.47 Å². The lowest BCUT2D eigenvalue weighted by Crippen LogP contribution is -2.16. The van der Waals surface area contributed by atoms with Crippen LogP contribution in [-0.2, 0) is 4.74 Å². The Hall–Kier alpha value is -2.29. The van der Waals surface area contributed by atoms with Gasteiger partial charge in [0.25, 0.3) is 0 Å². The van der Waals surface area contributed by atoms with E-state index in [2.05, 4.69) is 6.92 Å². The third kappa shape index (κ3) is 4.10. The Morgan fingerprint density at radius 2 is 1.77 bits per heavy atom. The average Bonchev–Trinajstić information content (AvgIpc) is 2.52. The number of hydrogen-bond donors (Lipinski definition) is 0. The molecule has 0 aliphatic heterocycles. The topological polar surface area (TPSA) is 35.5 Å². The quantitative estimate of drug-likeness (QED) is 0.550. The maximum absolute atomic E-state index is 12.1. The van der Waals surface area contributed by atoms with Gasteiger partial charge in [0.1, 0.15) is 11.9 Å². The van der Waals surface area contributed by atoms with Crippen LogP contribution in [0.5, 0.6) is 5.75 Å². The summed E-state index contributed by atoms with van der Waals surface area (Å²) in [5, 5.41) is 0. The number of rotatable bonds is 5. The summed E-state index contributed by atoms with van der Waals surface area (Å²) < 4.78 is 10.9. The van der Waals surface area contributed by atoms with Crippen molar-refractivity contribution < 1.29 is 14.3 Å². The summed E-state index contributed by atoms with van der Waals surface area (Å²) in [5.41, 5.74) is 3.02. The molecule has 0 spiro atoms. The van der Waals surface area contributed by atoms with E-state index >= 15 is 0 Å². The largest absolute Gasteiger partial charge is 0.514 e. The molecule has 0 saturated heterocycles. The first-order valence-corrected chi connectivity index (χ1v) is 7.61.